The number of rotatable bonds is 9. The Labute approximate surface area is 173 Å². The quantitative estimate of drug-likeness (QED) is 0.536. The molecule has 0 fully saturated rings. The number of ether oxygens (including phenoxy) is 1. The van der Waals surface area contributed by atoms with Crippen LogP contribution in [-0.2, 0) is 6.54 Å². The van der Waals surface area contributed by atoms with E-state index in [9.17, 15) is 4.79 Å². The number of nitrogens with zero attached hydrogens (tertiary/aromatic N) is 1. The summed E-state index contributed by atoms with van der Waals surface area (Å²) < 4.78 is 5.90. The summed E-state index contributed by atoms with van der Waals surface area (Å²) in [6.45, 7) is 4.24. The number of nitrogens with one attached hydrogen (secondary N) is 1. The number of amides is 2. The van der Waals surface area contributed by atoms with Crippen LogP contribution < -0.4 is 10.1 Å². The van der Waals surface area contributed by atoms with Crippen LogP contribution in [0.25, 0.3) is 11.1 Å². The Morgan fingerprint density at radius 3 is 2.14 bits per heavy atom. The molecule has 0 spiro atoms. The molecule has 0 radical (unpaired) electrons. The van der Waals surface area contributed by atoms with Gasteiger partial charge in [0, 0.05) is 13.1 Å². The summed E-state index contributed by atoms with van der Waals surface area (Å²) in [5.74, 6) is 0.804. The highest BCUT2D eigenvalue weighted by Crippen LogP contribution is 2.22. The summed E-state index contributed by atoms with van der Waals surface area (Å²) >= 11 is 0. The lowest BCUT2D eigenvalue weighted by Gasteiger charge is -2.23. The molecule has 0 aliphatic rings. The van der Waals surface area contributed by atoms with Gasteiger partial charge in [0.15, 0.2) is 0 Å². The van der Waals surface area contributed by atoms with Crippen LogP contribution in [-0.4, -0.2) is 30.6 Å². The number of hydrogen-bond donors (Lipinski definition) is 1. The van der Waals surface area contributed by atoms with E-state index >= 15 is 0 Å². The minimum atomic E-state index is -0.0567. The van der Waals surface area contributed by atoms with Gasteiger partial charge in [-0.1, -0.05) is 79.7 Å². The first-order valence-corrected chi connectivity index (χ1v) is 10.1. The van der Waals surface area contributed by atoms with Crippen molar-refractivity contribution in [3.05, 3.63) is 90.5 Å². The Bertz CT molecular complexity index is 864. The summed E-state index contributed by atoms with van der Waals surface area (Å²) in [4.78, 5) is 14.3. The van der Waals surface area contributed by atoms with Crippen LogP contribution in [0.5, 0.6) is 5.75 Å². The zero-order chi connectivity index (χ0) is 20.3. The SMILES string of the molecule is CCCNC(=O)N(CCOc1ccc(-c2ccccc2)cc1)Cc1ccccc1. The van der Waals surface area contributed by atoms with Crippen LogP contribution in [0.3, 0.4) is 0 Å². The van der Waals surface area contributed by atoms with Gasteiger partial charge < -0.3 is 15.0 Å². The first-order chi connectivity index (χ1) is 14.3. The highest BCUT2D eigenvalue weighted by molar-refractivity contribution is 5.74. The molecular weight excluding hydrogens is 360 g/mol. The Morgan fingerprint density at radius 1 is 0.862 bits per heavy atom. The Hall–Kier alpha value is -3.27. The Morgan fingerprint density at radius 2 is 1.48 bits per heavy atom. The molecule has 3 aromatic rings. The van der Waals surface area contributed by atoms with Gasteiger partial charge in [-0.3, -0.25) is 0 Å². The van der Waals surface area contributed by atoms with Crippen molar-refractivity contribution in [2.45, 2.75) is 19.9 Å². The van der Waals surface area contributed by atoms with E-state index < -0.39 is 0 Å². The average Bonchev–Trinajstić information content (AvgIpc) is 2.78. The van der Waals surface area contributed by atoms with E-state index in [1.807, 2.05) is 67.6 Å². The fourth-order valence-corrected chi connectivity index (χ4v) is 3.05. The van der Waals surface area contributed by atoms with Crippen LogP contribution in [0.4, 0.5) is 4.79 Å². The van der Waals surface area contributed by atoms with Gasteiger partial charge in [-0.05, 0) is 35.2 Å². The van der Waals surface area contributed by atoms with E-state index in [1.165, 1.54) is 5.56 Å². The van der Waals surface area contributed by atoms with Crippen molar-refractivity contribution in [2.75, 3.05) is 19.7 Å². The molecule has 0 aromatic heterocycles. The highest BCUT2D eigenvalue weighted by Gasteiger charge is 2.13. The first-order valence-electron chi connectivity index (χ1n) is 10.1. The van der Waals surface area contributed by atoms with Crippen molar-refractivity contribution >= 4 is 6.03 Å². The van der Waals surface area contributed by atoms with Crippen molar-refractivity contribution in [1.29, 1.82) is 0 Å². The van der Waals surface area contributed by atoms with Gasteiger partial charge in [-0.25, -0.2) is 4.79 Å². The third-order valence-electron chi connectivity index (χ3n) is 4.62. The van der Waals surface area contributed by atoms with E-state index in [2.05, 4.69) is 29.6 Å². The number of benzene rings is 3. The van der Waals surface area contributed by atoms with E-state index in [4.69, 9.17) is 4.74 Å². The van der Waals surface area contributed by atoms with Gasteiger partial charge in [0.1, 0.15) is 12.4 Å². The van der Waals surface area contributed by atoms with Crippen LogP contribution in [0, 0.1) is 0 Å². The van der Waals surface area contributed by atoms with Gasteiger partial charge in [-0.2, -0.15) is 0 Å². The first kappa shape index (κ1) is 20.5. The van der Waals surface area contributed by atoms with E-state index in [0.717, 1.165) is 23.3 Å². The number of carbonyl (C=O) groups excluding carboxylic acids is 1. The maximum atomic E-state index is 12.5. The van der Waals surface area contributed by atoms with Crippen LogP contribution in [0.2, 0.25) is 0 Å². The van der Waals surface area contributed by atoms with Gasteiger partial charge in [0.2, 0.25) is 0 Å². The largest absolute Gasteiger partial charge is 0.492 e. The molecule has 0 aliphatic carbocycles. The smallest absolute Gasteiger partial charge is 0.317 e. The van der Waals surface area contributed by atoms with E-state index in [-0.39, 0.29) is 6.03 Å². The molecule has 0 bridgehead atoms. The fourth-order valence-electron chi connectivity index (χ4n) is 3.05. The zero-order valence-electron chi connectivity index (χ0n) is 16.9. The fraction of sp³-hybridized carbons (Fsp3) is 0.240. The topological polar surface area (TPSA) is 41.6 Å². The molecule has 2 amide bonds. The van der Waals surface area contributed by atoms with Crippen molar-refractivity contribution < 1.29 is 9.53 Å². The molecule has 3 rings (SSSR count). The lowest BCUT2D eigenvalue weighted by Crippen LogP contribution is -2.41. The summed E-state index contributed by atoms with van der Waals surface area (Å²) in [5.41, 5.74) is 3.44. The van der Waals surface area contributed by atoms with Crippen molar-refractivity contribution in [3.8, 4) is 16.9 Å². The normalized spacial score (nSPS) is 10.4. The zero-order valence-corrected chi connectivity index (χ0v) is 16.9. The minimum Gasteiger partial charge on any atom is -0.492 e. The molecule has 0 heterocycles. The second-order valence-corrected chi connectivity index (χ2v) is 6.88. The third-order valence-corrected chi connectivity index (χ3v) is 4.62. The van der Waals surface area contributed by atoms with E-state index in [1.54, 1.807) is 4.90 Å². The maximum Gasteiger partial charge on any atom is 0.317 e. The van der Waals surface area contributed by atoms with Gasteiger partial charge in [0.25, 0.3) is 0 Å². The molecule has 0 aliphatic heterocycles. The number of carbonyl (C=O) groups is 1. The molecule has 1 N–H and O–H groups in total. The average molecular weight is 389 g/mol. The van der Waals surface area contributed by atoms with Crippen LogP contribution in [0.1, 0.15) is 18.9 Å². The predicted molar refractivity (Wildman–Crippen MR) is 118 cm³/mol. The molecule has 4 heteroatoms. The van der Waals surface area contributed by atoms with Gasteiger partial charge >= 0.3 is 6.03 Å². The number of hydrogen-bond acceptors (Lipinski definition) is 2. The lowest BCUT2D eigenvalue weighted by molar-refractivity contribution is 0.179. The van der Waals surface area contributed by atoms with Crippen molar-refractivity contribution in [1.82, 2.24) is 10.2 Å². The van der Waals surface area contributed by atoms with Gasteiger partial charge in [-0.15, -0.1) is 0 Å². The summed E-state index contributed by atoms with van der Waals surface area (Å²) in [5, 5.41) is 2.96. The van der Waals surface area contributed by atoms with Crippen LogP contribution in [0.15, 0.2) is 84.9 Å². The number of urea groups is 1. The standard InChI is InChI=1S/C25H28N2O2/c1-2-17-26-25(28)27(20-21-9-5-3-6-10-21)18-19-29-24-15-13-23(14-16-24)22-11-7-4-8-12-22/h3-16H,2,17-20H2,1H3,(H,26,28). The second-order valence-electron chi connectivity index (χ2n) is 6.88. The molecule has 0 saturated heterocycles. The minimum absolute atomic E-state index is 0.0567. The third kappa shape index (κ3) is 6.39. The molecular formula is C25H28N2O2. The molecule has 3 aromatic carbocycles. The van der Waals surface area contributed by atoms with Crippen LogP contribution >= 0.6 is 0 Å². The lowest BCUT2D eigenvalue weighted by atomic mass is 10.1. The maximum absolute atomic E-state index is 12.5. The predicted octanol–water partition coefficient (Wildman–Crippen LogP) is 5.35. The summed E-state index contributed by atoms with van der Waals surface area (Å²) in [6, 6.07) is 28.3. The second kappa shape index (κ2) is 10.9. The molecule has 0 saturated carbocycles. The Kier molecular flexibility index (Phi) is 7.70. The van der Waals surface area contributed by atoms with Gasteiger partial charge in [0.05, 0.1) is 6.54 Å². The van der Waals surface area contributed by atoms with Crippen molar-refractivity contribution in [2.24, 2.45) is 0 Å². The molecule has 0 atom stereocenters. The monoisotopic (exact) mass is 388 g/mol. The summed E-state index contributed by atoms with van der Waals surface area (Å²) in [6.07, 6.45) is 0.912. The Balaban J connectivity index is 1.56. The molecule has 29 heavy (non-hydrogen) atoms. The molecule has 0 unspecified atom stereocenters. The summed E-state index contributed by atoms with van der Waals surface area (Å²) in [7, 11) is 0. The molecule has 150 valence electrons. The molecule has 4 nitrogen and oxygen atoms in total. The highest BCUT2D eigenvalue weighted by atomic mass is 16.5. The van der Waals surface area contributed by atoms with Crippen molar-refractivity contribution in [3.63, 3.8) is 0 Å². The van der Waals surface area contributed by atoms with E-state index in [0.29, 0.717) is 26.2 Å².